The van der Waals surface area contributed by atoms with E-state index in [0.717, 1.165) is 5.56 Å². The molecule has 0 aliphatic rings. The van der Waals surface area contributed by atoms with Gasteiger partial charge in [-0.2, -0.15) is 0 Å². The highest BCUT2D eigenvalue weighted by molar-refractivity contribution is 7.89. The number of nitrogens with zero attached hydrogens (tertiary/aromatic N) is 1. The zero-order valence-electron chi connectivity index (χ0n) is 11.4. The Balaban J connectivity index is 2.33. The first-order chi connectivity index (χ1) is 9.42. The van der Waals surface area contributed by atoms with E-state index in [4.69, 9.17) is 5.73 Å². The average molecular weight is 291 g/mol. The van der Waals surface area contributed by atoms with Gasteiger partial charge in [-0.15, -0.1) is 0 Å². The van der Waals surface area contributed by atoms with Crippen LogP contribution in [0.4, 0.5) is 5.69 Å². The van der Waals surface area contributed by atoms with Crippen molar-refractivity contribution in [3.63, 3.8) is 0 Å². The topological polar surface area (TPSA) is 85.1 Å². The van der Waals surface area contributed by atoms with Crippen LogP contribution in [0.1, 0.15) is 24.1 Å². The Kier molecular flexibility index (Phi) is 4.06. The Bertz CT molecular complexity index is 679. The van der Waals surface area contributed by atoms with Crippen LogP contribution in [-0.2, 0) is 10.0 Å². The van der Waals surface area contributed by atoms with Gasteiger partial charge >= 0.3 is 0 Å². The lowest BCUT2D eigenvalue weighted by Crippen LogP contribution is -2.28. The Morgan fingerprint density at radius 3 is 2.60 bits per heavy atom. The first kappa shape index (κ1) is 14.5. The maximum absolute atomic E-state index is 12.4. The van der Waals surface area contributed by atoms with Gasteiger partial charge in [0.25, 0.3) is 0 Å². The molecule has 1 heterocycles. The molecule has 0 saturated heterocycles. The molecule has 0 saturated carbocycles. The molecule has 0 bridgehead atoms. The van der Waals surface area contributed by atoms with Gasteiger partial charge in [0.15, 0.2) is 0 Å². The summed E-state index contributed by atoms with van der Waals surface area (Å²) in [5, 5.41) is 0. The number of nitrogens with one attached hydrogen (secondary N) is 1. The van der Waals surface area contributed by atoms with Crippen molar-refractivity contribution in [2.24, 2.45) is 0 Å². The first-order valence-corrected chi connectivity index (χ1v) is 7.67. The molecule has 6 heteroatoms. The molecular formula is C14H17N3O2S. The van der Waals surface area contributed by atoms with Gasteiger partial charge in [-0.3, -0.25) is 4.98 Å². The molecule has 3 N–H and O–H groups in total. The van der Waals surface area contributed by atoms with Crippen molar-refractivity contribution in [1.82, 2.24) is 9.71 Å². The van der Waals surface area contributed by atoms with Crippen LogP contribution in [-0.4, -0.2) is 13.4 Å². The molecule has 0 aliphatic heterocycles. The molecule has 106 valence electrons. The summed E-state index contributed by atoms with van der Waals surface area (Å²) in [6, 6.07) is 8.24. The van der Waals surface area contributed by atoms with Gasteiger partial charge in [-0.05, 0) is 37.1 Å². The van der Waals surface area contributed by atoms with Gasteiger partial charge in [0, 0.05) is 18.4 Å². The third kappa shape index (κ3) is 2.97. The van der Waals surface area contributed by atoms with Gasteiger partial charge in [0.05, 0.1) is 5.69 Å². The number of hydrogen-bond acceptors (Lipinski definition) is 4. The SMILES string of the molecule is Cc1cccc(N)c1S(=O)(=O)NC(C)c1cccnc1. The van der Waals surface area contributed by atoms with Crippen LogP contribution in [0.5, 0.6) is 0 Å². The Hall–Kier alpha value is -1.92. The zero-order chi connectivity index (χ0) is 14.8. The highest BCUT2D eigenvalue weighted by Crippen LogP contribution is 2.24. The smallest absolute Gasteiger partial charge is 0.243 e. The molecule has 2 aromatic rings. The minimum Gasteiger partial charge on any atom is -0.398 e. The summed E-state index contributed by atoms with van der Waals surface area (Å²) >= 11 is 0. The highest BCUT2D eigenvalue weighted by atomic mass is 32.2. The van der Waals surface area contributed by atoms with E-state index in [1.165, 1.54) is 0 Å². The number of nitrogen functional groups attached to an aromatic ring is 1. The Morgan fingerprint density at radius 2 is 2.00 bits per heavy atom. The lowest BCUT2D eigenvalue weighted by Gasteiger charge is -2.16. The minimum atomic E-state index is -3.67. The third-order valence-corrected chi connectivity index (χ3v) is 4.79. The largest absolute Gasteiger partial charge is 0.398 e. The van der Waals surface area contributed by atoms with E-state index in [1.54, 1.807) is 50.5 Å². The van der Waals surface area contributed by atoms with Crippen molar-refractivity contribution < 1.29 is 8.42 Å². The standard InChI is InChI=1S/C14H17N3O2S/c1-10-5-3-7-13(15)14(10)20(18,19)17-11(2)12-6-4-8-16-9-12/h3-9,11,17H,15H2,1-2H3. The molecule has 1 aromatic heterocycles. The molecular weight excluding hydrogens is 274 g/mol. The maximum atomic E-state index is 12.4. The lowest BCUT2D eigenvalue weighted by atomic mass is 10.2. The van der Waals surface area contributed by atoms with Crippen LogP contribution in [0.3, 0.4) is 0 Å². The maximum Gasteiger partial charge on any atom is 0.243 e. The molecule has 1 atom stereocenters. The number of anilines is 1. The predicted molar refractivity (Wildman–Crippen MR) is 78.6 cm³/mol. The molecule has 1 aromatic carbocycles. The van der Waals surface area contributed by atoms with Gasteiger partial charge in [-0.25, -0.2) is 13.1 Å². The summed E-state index contributed by atoms with van der Waals surface area (Å²) < 4.78 is 27.5. The third-order valence-electron chi connectivity index (χ3n) is 3.03. The van der Waals surface area contributed by atoms with Gasteiger partial charge in [0.2, 0.25) is 10.0 Å². The fourth-order valence-corrected chi connectivity index (χ4v) is 3.62. The quantitative estimate of drug-likeness (QED) is 0.844. The lowest BCUT2D eigenvalue weighted by molar-refractivity contribution is 0.566. The summed E-state index contributed by atoms with van der Waals surface area (Å²) in [6.07, 6.45) is 3.28. The van der Waals surface area contributed by atoms with E-state index in [2.05, 4.69) is 9.71 Å². The second-order valence-corrected chi connectivity index (χ2v) is 6.27. The second-order valence-electron chi connectivity index (χ2n) is 4.62. The van der Waals surface area contributed by atoms with Gasteiger partial charge in [0.1, 0.15) is 4.90 Å². The Morgan fingerprint density at radius 1 is 1.25 bits per heavy atom. The fraction of sp³-hybridized carbons (Fsp3) is 0.214. The molecule has 0 aliphatic carbocycles. The number of rotatable bonds is 4. The number of aromatic nitrogens is 1. The van der Waals surface area contributed by atoms with E-state index in [9.17, 15) is 8.42 Å². The van der Waals surface area contributed by atoms with E-state index in [1.807, 2.05) is 6.07 Å². The van der Waals surface area contributed by atoms with Gasteiger partial charge in [-0.1, -0.05) is 18.2 Å². The van der Waals surface area contributed by atoms with Crippen molar-refractivity contribution in [2.45, 2.75) is 24.8 Å². The van der Waals surface area contributed by atoms with E-state index < -0.39 is 10.0 Å². The summed E-state index contributed by atoms with van der Waals surface area (Å²) in [6.45, 7) is 3.49. The van der Waals surface area contributed by atoms with Crippen LogP contribution in [0.15, 0.2) is 47.6 Å². The summed E-state index contributed by atoms with van der Waals surface area (Å²) in [7, 11) is -3.67. The number of benzene rings is 1. The van der Waals surface area contributed by atoms with E-state index in [0.29, 0.717) is 5.56 Å². The average Bonchev–Trinajstić information content (AvgIpc) is 2.38. The highest BCUT2D eigenvalue weighted by Gasteiger charge is 2.22. The van der Waals surface area contributed by atoms with Crippen molar-refractivity contribution in [1.29, 1.82) is 0 Å². The molecule has 0 fully saturated rings. The monoisotopic (exact) mass is 291 g/mol. The minimum absolute atomic E-state index is 0.135. The number of pyridine rings is 1. The number of hydrogen-bond donors (Lipinski definition) is 2. The van der Waals surface area contributed by atoms with Crippen molar-refractivity contribution in [3.8, 4) is 0 Å². The molecule has 0 radical (unpaired) electrons. The second kappa shape index (κ2) is 5.60. The van der Waals surface area contributed by atoms with E-state index >= 15 is 0 Å². The molecule has 20 heavy (non-hydrogen) atoms. The molecule has 0 spiro atoms. The van der Waals surface area contributed by atoms with Crippen molar-refractivity contribution in [2.75, 3.05) is 5.73 Å². The van der Waals surface area contributed by atoms with Crippen LogP contribution in [0.2, 0.25) is 0 Å². The molecule has 0 amide bonds. The van der Waals surface area contributed by atoms with Crippen LogP contribution < -0.4 is 10.5 Å². The van der Waals surface area contributed by atoms with E-state index in [-0.39, 0.29) is 16.6 Å². The first-order valence-electron chi connectivity index (χ1n) is 6.19. The number of sulfonamides is 1. The number of aryl methyl sites for hydroxylation is 1. The van der Waals surface area contributed by atoms with Crippen molar-refractivity contribution >= 4 is 15.7 Å². The van der Waals surface area contributed by atoms with Crippen LogP contribution in [0, 0.1) is 6.92 Å². The predicted octanol–water partition coefficient (Wildman–Crippen LogP) is 2.01. The van der Waals surface area contributed by atoms with Gasteiger partial charge < -0.3 is 5.73 Å². The number of nitrogens with two attached hydrogens (primary N) is 1. The van der Waals surface area contributed by atoms with Crippen LogP contribution in [0.25, 0.3) is 0 Å². The molecule has 2 rings (SSSR count). The normalized spacial score (nSPS) is 13.1. The summed E-state index contributed by atoms with van der Waals surface area (Å²) in [4.78, 5) is 4.12. The molecule has 1 unspecified atom stereocenters. The molecule has 5 nitrogen and oxygen atoms in total. The van der Waals surface area contributed by atoms with Crippen LogP contribution >= 0.6 is 0 Å². The Labute approximate surface area is 118 Å². The zero-order valence-corrected chi connectivity index (χ0v) is 12.2. The summed E-state index contributed by atoms with van der Waals surface area (Å²) in [5.74, 6) is 0. The summed E-state index contributed by atoms with van der Waals surface area (Å²) in [5.41, 5.74) is 7.45. The fourth-order valence-electron chi connectivity index (χ4n) is 2.03. The van der Waals surface area contributed by atoms with Crippen molar-refractivity contribution in [3.05, 3.63) is 53.9 Å².